The van der Waals surface area contributed by atoms with E-state index in [1.165, 1.54) is 51.4 Å². The molecule has 3 heterocycles. The van der Waals surface area contributed by atoms with Gasteiger partial charge >= 0.3 is 0 Å². The van der Waals surface area contributed by atoms with Crippen LogP contribution in [0.5, 0.6) is 0 Å². The molecule has 86 heavy (non-hydrogen) atoms. The maximum absolute atomic E-state index is 13.3. The second-order valence-corrected chi connectivity index (χ2v) is 22.5. The van der Waals surface area contributed by atoms with Crippen LogP contribution >= 0.6 is 0 Å². The Morgan fingerprint density at radius 1 is 0.430 bits per heavy atom. The van der Waals surface area contributed by atoms with Gasteiger partial charge in [-0.1, -0.05) is 200 Å². The van der Waals surface area contributed by atoms with Crippen LogP contribution in [0.15, 0.2) is 109 Å². The van der Waals surface area contributed by atoms with Crippen LogP contribution in [-0.4, -0.2) is 193 Å². The Morgan fingerprint density at radius 2 is 0.791 bits per heavy atom. The summed E-state index contributed by atoms with van der Waals surface area (Å²) in [6, 6.07) is -0.925. The molecule has 0 saturated carbocycles. The van der Waals surface area contributed by atoms with E-state index in [1.807, 2.05) is 6.08 Å². The monoisotopic (exact) mass is 1220 g/mol. The lowest BCUT2D eigenvalue weighted by atomic mass is 9.96. The molecule has 0 radical (unpaired) electrons. The summed E-state index contributed by atoms with van der Waals surface area (Å²) in [6.07, 6.45) is 36.1. The molecule has 17 unspecified atom stereocenters. The van der Waals surface area contributed by atoms with Crippen LogP contribution in [0.2, 0.25) is 0 Å². The summed E-state index contributed by atoms with van der Waals surface area (Å²) in [4.78, 5) is 13.3. The van der Waals surface area contributed by atoms with Gasteiger partial charge in [-0.15, -0.1) is 0 Å². The van der Waals surface area contributed by atoms with Crippen molar-refractivity contribution in [2.75, 3.05) is 26.4 Å². The topological polar surface area (TPSA) is 307 Å². The quantitative estimate of drug-likeness (QED) is 0.0214. The van der Waals surface area contributed by atoms with E-state index in [2.05, 4.69) is 122 Å². The van der Waals surface area contributed by atoms with Crippen molar-refractivity contribution >= 4 is 5.91 Å². The minimum atomic E-state index is -1.98. The first-order valence-electron chi connectivity index (χ1n) is 32.1. The third-order valence-corrected chi connectivity index (χ3v) is 15.4. The molecule has 12 N–H and O–H groups in total. The number of amides is 1. The lowest BCUT2D eigenvalue weighted by Crippen LogP contribution is -2.66. The van der Waals surface area contributed by atoms with Crippen molar-refractivity contribution in [3.8, 4) is 0 Å². The highest BCUT2D eigenvalue weighted by Crippen LogP contribution is 2.33. The smallest absolute Gasteiger partial charge is 0.220 e. The molecule has 3 fully saturated rings. The second kappa shape index (κ2) is 48.3. The van der Waals surface area contributed by atoms with Crippen LogP contribution in [0, 0.1) is 0 Å². The summed E-state index contributed by atoms with van der Waals surface area (Å²) in [5.41, 5.74) is 0. The fraction of sp³-hybridized carbons (Fsp3) is 0.716. The zero-order valence-corrected chi connectivity index (χ0v) is 51.5. The molecular formula is C67H111NO18. The third-order valence-electron chi connectivity index (χ3n) is 15.4. The Hall–Kier alpha value is -3.55. The van der Waals surface area contributed by atoms with Gasteiger partial charge < -0.3 is 89.9 Å². The van der Waals surface area contributed by atoms with Crippen molar-refractivity contribution in [2.24, 2.45) is 0 Å². The Bertz CT molecular complexity index is 1990. The normalized spacial score (nSPS) is 29.5. The minimum Gasteiger partial charge on any atom is -0.394 e. The highest BCUT2D eigenvalue weighted by Gasteiger charge is 2.53. The van der Waals surface area contributed by atoms with E-state index in [4.69, 9.17) is 28.4 Å². The van der Waals surface area contributed by atoms with Crippen molar-refractivity contribution in [1.82, 2.24) is 5.32 Å². The number of carbonyl (C=O) groups is 1. The van der Waals surface area contributed by atoms with Gasteiger partial charge in [0.1, 0.15) is 73.2 Å². The fourth-order valence-corrected chi connectivity index (χ4v) is 10.1. The number of rotatable bonds is 46. The van der Waals surface area contributed by atoms with Crippen LogP contribution in [0.3, 0.4) is 0 Å². The zero-order valence-electron chi connectivity index (χ0n) is 51.5. The van der Waals surface area contributed by atoms with Gasteiger partial charge in [0, 0.05) is 6.42 Å². The van der Waals surface area contributed by atoms with Gasteiger partial charge in [-0.3, -0.25) is 4.79 Å². The van der Waals surface area contributed by atoms with Gasteiger partial charge in [0.15, 0.2) is 18.9 Å². The SMILES string of the molecule is CC/C=C\C/C=C\C/C=C\C/C=C\C/C=C\C/C=C\C/C=C\C/C=C\C/C=C\CCCC(=O)NC(COC1OC(CO)C(OC2OC(CO)C(OC3OC(CO)C(O)C(O)C3O)C(O)C2O)C(O)C1O)C(O)CCCCCCCCCCCCCC. The molecule has 0 aromatic carbocycles. The molecule has 3 aliphatic rings. The molecule has 0 bridgehead atoms. The van der Waals surface area contributed by atoms with Gasteiger partial charge in [0.05, 0.1) is 38.6 Å². The number of hydrogen-bond acceptors (Lipinski definition) is 18. The van der Waals surface area contributed by atoms with Crippen LogP contribution in [0.25, 0.3) is 0 Å². The summed E-state index contributed by atoms with van der Waals surface area (Å²) in [5.74, 6) is -0.307. The molecule has 0 spiro atoms. The van der Waals surface area contributed by atoms with E-state index in [0.717, 1.165) is 77.0 Å². The van der Waals surface area contributed by atoms with Crippen molar-refractivity contribution < 1.29 is 89.4 Å². The van der Waals surface area contributed by atoms with Gasteiger partial charge in [-0.2, -0.15) is 0 Å². The molecule has 1 amide bonds. The second-order valence-electron chi connectivity index (χ2n) is 22.5. The Kier molecular flexibility index (Phi) is 43.1. The number of ether oxygens (including phenoxy) is 6. The fourth-order valence-electron chi connectivity index (χ4n) is 10.1. The molecule has 19 nitrogen and oxygen atoms in total. The van der Waals surface area contributed by atoms with Crippen molar-refractivity contribution in [3.63, 3.8) is 0 Å². The molecule has 0 aromatic rings. The van der Waals surface area contributed by atoms with Crippen LogP contribution in [0.4, 0.5) is 0 Å². The maximum atomic E-state index is 13.3. The van der Waals surface area contributed by atoms with E-state index < -0.39 is 124 Å². The highest BCUT2D eigenvalue weighted by atomic mass is 16.8. The first kappa shape index (κ1) is 76.7. The van der Waals surface area contributed by atoms with Crippen LogP contribution in [0.1, 0.15) is 174 Å². The molecule has 19 heteroatoms. The average Bonchev–Trinajstić information content (AvgIpc) is 2.62. The molecular weight excluding hydrogens is 1110 g/mol. The Balaban J connectivity index is 1.45. The van der Waals surface area contributed by atoms with E-state index in [0.29, 0.717) is 25.7 Å². The number of hydrogen-bond donors (Lipinski definition) is 12. The summed E-state index contributed by atoms with van der Waals surface area (Å²) < 4.78 is 34.3. The zero-order chi connectivity index (χ0) is 62.6. The van der Waals surface area contributed by atoms with Gasteiger partial charge in [-0.05, 0) is 77.0 Å². The number of nitrogens with one attached hydrogen (secondary N) is 1. The van der Waals surface area contributed by atoms with Crippen LogP contribution in [-0.2, 0) is 33.2 Å². The first-order valence-corrected chi connectivity index (χ1v) is 32.1. The number of carbonyl (C=O) groups excluding carboxylic acids is 1. The van der Waals surface area contributed by atoms with Crippen molar-refractivity contribution in [1.29, 1.82) is 0 Å². The Labute approximate surface area is 513 Å². The highest BCUT2D eigenvalue weighted by molar-refractivity contribution is 5.76. The van der Waals surface area contributed by atoms with E-state index in [1.54, 1.807) is 0 Å². The van der Waals surface area contributed by atoms with Crippen molar-refractivity contribution in [2.45, 2.75) is 279 Å². The predicted molar refractivity (Wildman–Crippen MR) is 332 cm³/mol. The predicted octanol–water partition coefficient (Wildman–Crippen LogP) is 7.10. The molecule has 3 saturated heterocycles. The van der Waals surface area contributed by atoms with Crippen LogP contribution < -0.4 is 5.32 Å². The summed E-state index contributed by atoms with van der Waals surface area (Å²) >= 11 is 0. The largest absolute Gasteiger partial charge is 0.394 e. The lowest BCUT2D eigenvalue weighted by Gasteiger charge is -2.48. The Morgan fingerprint density at radius 3 is 1.21 bits per heavy atom. The molecule has 0 aliphatic carbocycles. The number of allylic oxidation sites excluding steroid dienone is 18. The van der Waals surface area contributed by atoms with Gasteiger partial charge in [0.2, 0.25) is 5.91 Å². The first-order chi connectivity index (χ1) is 41.8. The standard InChI is InChI=1S/C67H111NO18/c1-3-5-7-9-11-13-15-17-18-19-20-21-22-23-24-25-26-27-28-29-30-31-32-33-35-37-39-41-43-45-55(73)68-50(51(72)44-42-40-38-36-34-16-14-12-10-8-6-4-2)49-81-65-61(79)58(76)63(53(47-70)83-65)86-67-62(80)59(77)64(54(48-71)84-67)85-66-60(78)57(75)56(74)52(46-69)82-66/h5,7,11,13,17-18,20-21,23-24,26-27,29-30,32-33,37,39,50-54,56-67,69-72,74-80H,3-4,6,8-10,12,14-16,19,22,25,28,31,34-36,38,40-49H2,1-2H3,(H,68,73)/b7-5-,13-11-,18-17-,21-20-,24-23-,27-26-,30-29-,33-32-,39-37-. The molecule has 0 aromatic heterocycles. The molecule has 3 aliphatic heterocycles. The lowest BCUT2D eigenvalue weighted by molar-refractivity contribution is -0.379. The molecule has 3 rings (SSSR count). The van der Waals surface area contributed by atoms with E-state index in [9.17, 15) is 61.0 Å². The summed E-state index contributed by atoms with van der Waals surface area (Å²) in [5, 5.41) is 120. The number of unbranched alkanes of at least 4 members (excludes halogenated alkanes) is 12. The van der Waals surface area contributed by atoms with E-state index >= 15 is 0 Å². The van der Waals surface area contributed by atoms with Crippen molar-refractivity contribution in [3.05, 3.63) is 109 Å². The van der Waals surface area contributed by atoms with Gasteiger partial charge in [-0.25, -0.2) is 0 Å². The van der Waals surface area contributed by atoms with Gasteiger partial charge in [0.25, 0.3) is 0 Å². The minimum absolute atomic E-state index is 0.179. The third kappa shape index (κ3) is 30.8. The van der Waals surface area contributed by atoms with E-state index in [-0.39, 0.29) is 18.9 Å². The number of aliphatic hydroxyl groups excluding tert-OH is 11. The maximum Gasteiger partial charge on any atom is 0.220 e. The molecule has 492 valence electrons. The average molecular weight is 1220 g/mol. The summed E-state index contributed by atoms with van der Waals surface area (Å²) in [7, 11) is 0. The molecule has 17 atom stereocenters. The number of aliphatic hydroxyl groups is 11. The summed E-state index contributed by atoms with van der Waals surface area (Å²) in [6.45, 7) is 1.60.